The van der Waals surface area contributed by atoms with Crippen molar-refractivity contribution in [2.24, 2.45) is 0 Å². The summed E-state index contributed by atoms with van der Waals surface area (Å²) in [5.74, 6) is 1.92. The fourth-order valence-electron chi connectivity index (χ4n) is 2.28. The summed E-state index contributed by atoms with van der Waals surface area (Å²) in [7, 11) is 0. The molecule has 3 aromatic rings. The maximum atomic E-state index is 5.58. The number of benzene rings is 1. The number of aryl methyl sites for hydroxylation is 2. The highest BCUT2D eigenvalue weighted by Gasteiger charge is 2.14. The summed E-state index contributed by atoms with van der Waals surface area (Å²) in [6.07, 6.45) is 0. The topological polar surface area (TPSA) is 38.1 Å². The lowest BCUT2D eigenvalue weighted by Gasteiger charge is -2.11. The second kappa shape index (κ2) is 4.70. The van der Waals surface area contributed by atoms with E-state index in [0.717, 1.165) is 22.2 Å². The van der Waals surface area contributed by atoms with Gasteiger partial charge in [-0.15, -0.1) is 0 Å². The number of nitrogens with zero attached hydrogens (tertiary/aromatic N) is 1. The Bertz CT molecular complexity index is 681. The Morgan fingerprint density at radius 2 is 2.05 bits per heavy atom. The zero-order valence-electron chi connectivity index (χ0n) is 11.2. The van der Waals surface area contributed by atoms with Gasteiger partial charge in [-0.3, -0.25) is 0 Å². The number of rotatable bonds is 3. The smallest absolute Gasteiger partial charge is 0.184 e. The highest BCUT2D eigenvalue weighted by Crippen LogP contribution is 2.30. The summed E-state index contributed by atoms with van der Waals surface area (Å²) >= 11 is 1.68. The molecule has 0 bridgehead atoms. The van der Waals surface area contributed by atoms with Crippen LogP contribution in [0.3, 0.4) is 0 Å². The normalized spacial score (nSPS) is 12.8. The predicted octanol–water partition coefficient (Wildman–Crippen LogP) is 4.68. The van der Waals surface area contributed by atoms with Gasteiger partial charge in [0, 0.05) is 5.56 Å². The molecule has 0 amide bonds. The van der Waals surface area contributed by atoms with Crippen molar-refractivity contribution in [3.63, 3.8) is 0 Å². The van der Waals surface area contributed by atoms with Crippen LogP contribution in [0.1, 0.15) is 30.0 Å². The number of hydrogen-bond acceptors (Lipinski definition) is 4. The Kier molecular flexibility index (Phi) is 3.03. The van der Waals surface area contributed by atoms with Crippen LogP contribution in [-0.2, 0) is 0 Å². The Hall–Kier alpha value is -1.81. The summed E-state index contributed by atoms with van der Waals surface area (Å²) in [4.78, 5) is 4.59. The van der Waals surface area contributed by atoms with Crippen molar-refractivity contribution < 1.29 is 4.42 Å². The minimum absolute atomic E-state index is 0.193. The zero-order valence-corrected chi connectivity index (χ0v) is 12.0. The Morgan fingerprint density at radius 1 is 1.26 bits per heavy atom. The summed E-state index contributed by atoms with van der Waals surface area (Å²) in [5, 5.41) is 4.40. The quantitative estimate of drug-likeness (QED) is 0.752. The van der Waals surface area contributed by atoms with Crippen molar-refractivity contribution in [2.75, 3.05) is 5.32 Å². The number of nitrogens with one attached hydrogen (secondary N) is 1. The molecule has 0 aliphatic carbocycles. The van der Waals surface area contributed by atoms with Gasteiger partial charge in [0.15, 0.2) is 5.13 Å². The van der Waals surface area contributed by atoms with E-state index < -0.39 is 0 Å². The van der Waals surface area contributed by atoms with Gasteiger partial charge in [0.05, 0.1) is 16.3 Å². The van der Waals surface area contributed by atoms with Crippen LogP contribution in [0.4, 0.5) is 5.13 Å². The SMILES string of the molecule is Cc1cc(C(C)Nc2nc3ccccc3s2)c(C)o1. The third kappa shape index (κ3) is 2.36. The van der Waals surface area contributed by atoms with Gasteiger partial charge in [-0.25, -0.2) is 4.98 Å². The van der Waals surface area contributed by atoms with Gasteiger partial charge < -0.3 is 9.73 Å². The first-order valence-electron chi connectivity index (χ1n) is 6.32. The third-order valence-corrected chi connectivity index (χ3v) is 4.15. The van der Waals surface area contributed by atoms with E-state index in [1.165, 1.54) is 10.3 Å². The average molecular weight is 272 g/mol. The lowest BCUT2D eigenvalue weighted by molar-refractivity contribution is 0.500. The van der Waals surface area contributed by atoms with Crippen molar-refractivity contribution in [1.29, 1.82) is 0 Å². The fourth-order valence-corrected chi connectivity index (χ4v) is 3.23. The van der Waals surface area contributed by atoms with E-state index in [1.807, 2.05) is 32.0 Å². The molecule has 2 heterocycles. The summed E-state index contributed by atoms with van der Waals surface area (Å²) in [6.45, 7) is 6.10. The highest BCUT2D eigenvalue weighted by atomic mass is 32.1. The molecule has 1 N–H and O–H groups in total. The van der Waals surface area contributed by atoms with Crippen LogP contribution in [0.25, 0.3) is 10.2 Å². The van der Waals surface area contributed by atoms with Gasteiger partial charge in [0.2, 0.25) is 0 Å². The second-order valence-corrected chi connectivity index (χ2v) is 5.75. The summed E-state index contributed by atoms with van der Waals surface area (Å²) in [5.41, 5.74) is 2.24. The van der Waals surface area contributed by atoms with Gasteiger partial charge in [-0.05, 0) is 39.0 Å². The molecule has 0 radical (unpaired) electrons. The molecule has 98 valence electrons. The van der Waals surface area contributed by atoms with Crippen molar-refractivity contribution >= 4 is 26.7 Å². The number of aromatic nitrogens is 1. The Morgan fingerprint density at radius 3 is 2.74 bits per heavy atom. The predicted molar refractivity (Wildman–Crippen MR) is 79.8 cm³/mol. The van der Waals surface area contributed by atoms with Gasteiger partial charge in [-0.1, -0.05) is 23.5 Å². The largest absolute Gasteiger partial charge is 0.466 e. The molecule has 1 unspecified atom stereocenters. The molecule has 1 aromatic carbocycles. The van der Waals surface area contributed by atoms with Crippen LogP contribution in [0.2, 0.25) is 0 Å². The molecule has 2 aromatic heterocycles. The van der Waals surface area contributed by atoms with Crippen LogP contribution >= 0.6 is 11.3 Å². The Balaban J connectivity index is 1.86. The van der Waals surface area contributed by atoms with E-state index in [-0.39, 0.29) is 6.04 Å². The maximum Gasteiger partial charge on any atom is 0.184 e. The van der Waals surface area contributed by atoms with Gasteiger partial charge in [0.25, 0.3) is 0 Å². The zero-order chi connectivity index (χ0) is 13.4. The van der Waals surface area contributed by atoms with E-state index in [2.05, 4.69) is 29.4 Å². The maximum absolute atomic E-state index is 5.58. The van der Waals surface area contributed by atoms with Crippen LogP contribution < -0.4 is 5.32 Å². The molecule has 3 rings (SSSR count). The molecule has 0 saturated heterocycles. The van der Waals surface area contributed by atoms with Crippen molar-refractivity contribution in [3.05, 3.63) is 47.4 Å². The average Bonchev–Trinajstić information content (AvgIpc) is 2.91. The molecule has 0 saturated carbocycles. The fraction of sp³-hybridized carbons (Fsp3) is 0.267. The number of furan rings is 1. The molecule has 3 nitrogen and oxygen atoms in total. The molecule has 0 spiro atoms. The Labute approximate surface area is 116 Å². The number of hydrogen-bond donors (Lipinski definition) is 1. The third-order valence-electron chi connectivity index (χ3n) is 3.18. The minimum Gasteiger partial charge on any atom is -0.466 e. The van der Waals surface area contributed by atoms with Crippen LogP contribution in [0, 0.1) is 13.8 Å². The number of para-hydroxylation sites is 1. The molecule has 0 fully saturated rings. The van der Waals surface area contributed by atoms with Crippen LogP contribution in [0.15, 0.2) is 34.7 Å². The van der Waals surface area contributed by atoms with E-state index >= 15 is 0 Å². The molecular formula is C15H16N2OS. The lowest BCUT2D eigenvalue weighted by Crippen LogP contribution is -2.06. The standard InChI is InChI=1S/C15H16N2OS/c1-9-8-12(11(3)18-9)10(2)16-15-17-13-6-4-5-7-14(13)19-15/h4-8,10H,1-3H3,(H,16,17). The summed E-state index contributed by atoms with van der Waals surface area (Å²) < 4.78 is 6.78. The minimum atomic E-state index is 0.193. The monoisotopic (exact) mass is 272 g/mol. The van der Waals surface area contributed by atoms with Crippen molar-refractivity contribution in [1.82, 2.24) is 4.98 Å². The van der Waals surface area contributed by atoms with Gasteiger partial charge in [0.1, 0.15) is 11.5 Å². The number of fused-ring (bicyclic) bond motifs is 1. The van der Waals surface area contributed by atoms with Crippen LogP contribution in [0.5, 0.6) is 0 Å². The molecule has 0 aliphatic rings. The van der Waals surface area contributed by atoms with Gasteiger partial charge >= 0.3 is 0 Å². The van der Waals surface area contributed by atoms with E-state index in [4.69, 9.17) is 4.42 Å². The molecule has 19 heavy (non-hydrogen) atoms. The van der Waals surface area contributed by atoms with Crippen LogP contribution in [-0.4, -0.2) is 4.98 Å². The molecule has 0 aliphatic heterocycles. The lowest BCUT2D eigenvalue weighted by atomic mass is 10.1. The second-order valence-electron chi connectivity index (χ2n) is 4.72. The van der Waals surface area contributed by atoms with E-state index in [0.29, 0.717) is 0 Å². The summed E-state index contributed by atoms with van der Waals surface area (Å²) in [6, 6.07) is 10.5. The van der Waals surface area contributed by atoms with Gasteiger partial charge in [-0.2, -0.15) is 0 Å². The molecular weight excluding hydrogens is 256 g/mol. The first-order chi connectivity index (χ1) is 9.13. The molecule has 4 heteroatoms. The van der Waals surface area contributed by atoms with Crippen molar-refractivity contribution in [3.8, 4) is 0 Å². The van der Waals surface area contributed by atoms with E-state index in [1.54, 1.807) is 11.3 Å². The molecule has 1 atom stereocenters. The highest BCUT2D eigenvalue weighted by molar-refractivity contribution is 7.22. The first-order valence-corrected chi connectivity index (χ1v) is 7.14. The number of anilines is 1. The number of thiazole rings is 1. The van der Waals surface area contributed by atoms with E-state index in [9.17, 15) is 0 Å². The first kappa shape index (κ1) is 12.2. The van der Waals surface area contributed by atoms with Crippen molar-refractivity contribution in [2.45, 2.75) is 26.8 Å².